The molecule has 2 aromatic carbocycles. The molecule has 4 aromatic rings. The Hall–Kier alpha value is -3.56. The van der Waals surface area contributed by atoms with Crippen molar-refractivity contribution in [2.24, 2.45) is 0 Å². The van der Waals surface area contributed by atoms with E-state index < -0.39 is 11.2 Å². The fourth-order valence-electron chi connectivity index (χ4n) is 3.74. The van der Waals surface area contributed by atoms with Crippen molar-refractivity contribution in [1.82, 2.24) is 4.98 Å². The second kappa shape index (κ2) is 9.97. The number of rotatable bonds is 6. The lowest BCUT2D eigenvalue weighted by atomic mass is 10.0. The molecule has 0 spiro atoms. The summed E-state index contributed by atoms with van der Waals surface area (Å²) in [4.78, 5) is 30.4. The van der Waals surface area contributed by atoms with Gasteiger partial charge in [-0.3, -0.25) is 4.79 Å². The number of anilines is 1. The van der Waals surface area contributed by atoms with Crippen LogP contribution in [0.2, 0.25) is 0 Å². The van der Waals surface area contributed by atoms with Crippen LogP contribution in [0.1, 0.15) is 17.3 Å². The fourth-order valence-corrected chi connectivity index (χ4v) is 5.53. The van der Waals surface area contributed by atoms with E-state index in [0.29, 0.717) is 40.8 Å². The number of thiophene rings is 1. The van der Waals surface area contributed by atoms with Crippen LogP contribution in [0.3, 0.4) is 0 Å². The molecule has 5 rings (SSSR count). The van der Waals surface area contributed by atoms with Crippen LogP contribution >= 0.6 is 23.1 Å². The minimum absolute atomic E-state index is 0.231. The first-order valence-electron chi connectivity index (χ1n) is 11.0. The van der Waals surface area contributed by atoms with Gasteiger partial charge in [-0.2, -0.15) is 0 Å². The van der Waals surface area contributed by atoms with Gasteiger partial charge in [0.25, 0.3) is 0 Å². The van der Waals surface area contributed by atoms with Gasteiger partial charge in [0.15, 0.2) is 11.5 Å². The van der Waals surface area contributed by atoms with Crippen LogP contribution < -0.4 is 14.8 Å². The van der Waals surface area contributed by atoms with Gasteiger partial charge in [0, 0.05) is 16.3 Å². The van der Waals surface area contributed by atoms with Crippen molar-refractivity contribution in [2.75, 3.05) is 25.6 Å². The molecule has 7 nitrogen and oxygen atoms in total. The molecule has 1 unspecified atom stereocenters. The van der Waals surface area contributed by atoms with Gasteiger partial charge in [-0.25, -0.2) is 9.78 Å². The number of aromatic nitrogens is 1. The van der Waals surface area contributed by atoms with Crippen molar-refractivity contribution in [3.8, 4) is 22.6 Å². The van der Waals surface area contributed by atoms with Gasteiger partial charge in [0.05, 0.1) is 22.9 Å². The maximum atomic E-state index is 13.0. The van der Waals surface area contributed by atoms with E-state index >= 15 is 0 Å². The largest absolute Gasteiger partial charge is 0.486 e. The molecule has 2 aromatic heterocycles. The average molecular weight is 507 g/mol. The Balaban J connectivity index is 1.37. The summed E-state index contributed by atoms with van der Waals surface area (Å²) in [5.74, 6) is 0.527. The second-order valence-electron chi connectivity index (χ2n) is 7.80. The Kier molecular flexibility index (Phi) is 6.61. The Morgan fingerprint density at radius 2 is 1.89 bits per heavy atom. The molecule has 3 heterocycles. The lowest BCUT2D eigenvalue weighted by molar-refractivity contribution is -0.115. The minimum atomic E-state index is -0.525. The molecule has 0 aliphatic carbocycles. The summed E-state index contributed by atoms with van der Waals surface area (Å²) in [5.41, 5.74) is 2.61. The molecular weight excluding hydrogens is 484 g/mol. The quantitative estimate of drug-likeness (QED) is 0.267. The molecule has 1 aliphatic rings. The number of esters is 1. The van der Waals surface area contributed by atoms with Gasteiger partial charge in [-0.1, -0.05) is 42.1 Å². The zero-order valence-corrected chi connectivity index (χ0v) is 20.7. The van der Waals surface area contributed by atoms with Gasteiger partial charge < -0.3 is 19.5 Å². The SMILES string of the molecule is COC(=O)c1c(-c2ccc3c(c2)OCCO3)csc1NC(=O)C(C)Sc1ccc2ccccc2n1. The molecular formula is C26H22N2O5S2. The van der Waals surface area contributed by atoms with Crippen molar-refractivity contribution >= 4 is 50.9 Å². The predicted molar refractivity (Wildman–Crippen MR) is 138 cm³/mol. The number of ether oxygens (including phenoxy) is 3. The number of benzene rings is 2. The summed E-state index contributed by atoms with van der Waals surface area (Å²) in [6.07, 6.45) is 0. The number of amides is 1. The Bertz CT molecular complexity index is 1420. The topological polar surface area (TPSA) is 86.8 Å². The molecule has 0 fully saturated rings. The summed E-state index contributed by atoms with van der Waals surface area (Å²) < 4.78 is 16.3. The van der Waals surface area contributed by atoms with E-state index in [1.807, 2.05) is 66.9 Å². The van der Waals surface area contributed by atoms with Crippen LogP contribution in [0, 0.1) is 0 Å². The lowest BCUT2D eigenvalue weighted by Crippen LogP contribution is -2.23. The Morgan fingerprint density at radius 3 is 2.71 bits per heavy atom. The number of nitrogens with zero attached hydrogens (tertiary/aromatic N) is 1. The van der Waals surface area contributed by atoms with Crippen molar-refractivity contribution in [3.63, 3.8) is 0 Å². The normalized spacial score (nSPS) is 13.3. The number of hydrogen-bond donors (Lipinski definition) is 1. The van der Waals surface area contributed by atoms with Gasteiger partial charge in [0.1, 0.15) is 23.8 Å². The summed E-state index contributed by atoms with van der Waals surface area (Å²) in [5, 5.41) is 6.53. The zero-order chi connectivity index (χ0) is 24.4. The molecule has 178 valence electrons. The highest BCUT2D eigenvalue weighted by Crippen LogP contribution is 2.40. The van der Waals surface area contributed by atoms with Crippen molar-refractivity contribution in [1.29, 1.82) is 0 Å². The predicted octanol–water partition coefficient (Wildman–Crippen LogP) is 5.64. The van der Waals surface area contributed by atoms with Crippen LogP contribution in [0.15, 0.2) is 65.0 Å². The number of carbonyl (C=O) groups excluding carboxylic acids is 2. The average Bonchev–Trinajstić information content (AvgIpc) is 3.31. The maximum absolute atomic E-state index is 13.0. The minimum Gasteiger partial charge on any atom is -0.486 e. The second-order valence-corrected chi connectivity index (χ2v) is 10.0. The summed E-state index contributed by atoms with van der Waals surface area (Å²) >= 11 is 2.64. The highest BCUT2D eigenvalue weighted by Gasteiger charge is 2.25. The summed E-state index contributed by atoms with van der Waals surface area (Å²) in [6.45, 7) is 2.77. The third-order valence-electron chi connectivity index (χ3n) is 5.51. The van der Waals surface area contributed by atoms with E-state index in [0.717, 1.165) is 21.5 Å². The molecule has 0 saturated carbocycles. The molecule has 0 saturated heterocycles. The molecule has 1 aliphatic heterocycles. The van der Waals surface area contributed by atoms with Crippen LogP contribution in [-0.2, 0) is 9.53 Å². The molecule has 0 radical (unpaired) electrons. The number of para-hydroxylation sites is 1. The van der Waals surface area contributed by atoms with Crippen LogP contribution in [-0.4, -0.2) is 42.4 Å². The van der Waals surface area contributed by atoms with Crippen LogP contribution in [0.5, 0.6) is 11.5 Å². The Morgan fingerprint density at radius 1 is 1.09 bits per heavy atom. The first-order chi connectivity index (χ1) is 17.0. The number of hydrogen-bond acceptors (Lipinski definition) is 8. The van der Waals surface area contributed by atoms with E-state index in [2.05, 4.69) is 10.3 Å². The van der Waals surface area contributed by atoms with Crippen molar-refractivity contribution in [3.05, 3.63) is 65.5 Å². The molecule has 1 atom stereocenters. The fraction of sp³-hybridized carbons (Fsp3) is 0.192. The molecule has 0 bridgehead atoms. The van der Waals surface area contributed by atoms with Gasteiger partial charge in [-0.15, -0.1) is 11.3 Å². The smallest absolute Gasteiger partial charge is 0.341 e. The molecule has 1 amide bonds. The van der Waals surface area contributed by atoms with E-state index in [9.17, 15) is 9.59 Å². The maximum Gasteiger partial charge on any atom is 0.341 e. The van der Waals surface area contributed by atoms with E-state index in [1.165, 1.54) is 30.2 Å². The number of pyridine rings is 1. The Labute approximate surface area is 210 Å². The number of nitrogens with one attached hydrogen (secondary N) is 1. The van der Waals surface area contributed by atoms with E-state index in [1.54, 1.807) is 0 Å². The number of fused-ring (bicyclic) bond motifs is 2. The van der Waals surface area contributed by atoms with Gasteiger partial charge >= 0.3 is 5.97 Å². The summed E-state index contributed by atoms with van der Waals surface area (Å²) in [7, 11) is 1.32. The number of methoxy groups -OCH3 is 1. The molecule has 1 N–H and O–H groups in total. The lowest BCUT2D eigenvalue weighted by Gasteiger charge is -2.19. The van der Waals surface area contributed by atoms with Crippen molar-refractivity contribution in [2.45, 2.75) is 17.2 Å². The monoisotopic (exact) mass is 506 g/mol. The van der Waals surface area contributed by atoms with Crippen LogP contribution in [0.4, 0.5) is 5.00 Å². The van der Waals surface area contributed by atoms with Gasteiger partial charge in [0.2, 0.25) is 5.91 Å². The molecule has 9 heteroatoms. The first kappa shape index (κ1) is 23.2. The highest BCUT2D eigenvalue weighted by atomic mass is 32.2. The summed E-state index contributed by atoms with van der Waals surface area (Å²) in [6, 6.07) is 17.2. The first-order valence-corrected chi connectivity index (χ1v) is 12.7. The zero-order valence-electron chi connectivity index (χ0n) is 19.1. The van der Waals surface area contributed by atoms with Crippen molar-refractivity contribution < 1.29 is 23.8 Å². The van der Waals surface area contributed by atoms with E-state index in [-0.39, 0.29) is 5.91 Å². The third-order valence-corrected chi connectivity index (χ3v) is 7.44. The number of thioether (sulfide) groups is 1. The number of carbonyl (C=O) groups is 2. The van der Waals surface area contributed by atoms with Gasteiger partial charge in [-0.05, 0) is 36.8 Å². The van der Waals surface area contributed by atoms with E-state index in [4.69, 9.17) is 14.2 Å². The standard InChI is InChI=1S/C26H22N2O5S2/c1-15(35-22-10-8-16-5-3-4-6-19(16)27-22)24(29)28-25-23(26(30)31-2)18(14-34-25)17-7-9-20-21(13-17)33-12-11-32-20/h3-10,13-15H,11-12H2,1-2H3,(H,28,29). The molecule has 35 heavy (non-hydrogen) atoms. The third kappa shape index (κ3) is 4.82. The van der Waals surface area contributed by atoms with Crippen LogP contribution in [0.25, 0.3) is 22.0 Å². The highest BCUT2D eigenvalue weighted by molar-refractivity contribution is 8.00.